The van der Waals surface area contributed by atoms with E-state index in [4.69, 9.17) is 10.5 Å². The first-order valence-corrected chi connectivity index (χ1v) is 6.45. The SMILES string of the molecule is Cc1ccc(O)c(C(=O)N2CC(C)OC(CN)C2)c1. The largest absolute Gasteiger partial charge is 0.507 e. The Morgan fingerprint density at radius 3 is 2.95 bits per heavy atom. The van der Waals surface area contributed by atoms with Crippen molar-refractivity contribution in [2.24, 2.45) is 5.73 Å². The Balaban J connectivity index is 2.21. The zero-order valence-electron chi connectivity index (χ0n) is 11.3. The summed E-state index contributed by atoms with van der Waals surface area (Å²) in [5.41, 5.74) is 6.89. The van der Waals surface area contributed by atoms with Crippen LogP contribution in [0.15, 0.2) is 18.2 Å². The second-order valence-corrected chi connectivity index (χ2v) is 5.04. The quantitative estimate of drug-likeness (QED) is 0.831. The standard InChI is InChI=1S/C14H20N2O3/c1-9-3-4-13(17)12(5-9)14(18)16-7-10(2)19-11(6-15)8-16/h3-5,10-11,17H,6-8,15H2,1-2H3. The molecule has 3 N–H and O–H groups in total. The van der Waals surface area contributed by atoms with Crippen LogP contribution in [-0.4, -0.2) is 47.8 Å². The Kier molecular flexibility index (Phi) is 4.07. The molecule has 1 fully saturated rings. The third kappa shape index (κ3) is 3.05. The highest BCUT2D eigenvalue weighted by Gasteiger charge is 2.29. The summed E-state index contributed by atoms with van der Waals surface area (Å²) >= 11 is 0. The fourth-order valence-corrected chi connectivity index (χ4v) is 2.33. The van der Waals surface area contributed by atoms with Crippen molar-refractivity contribution in [2.45, 2.75) is 26.1 Å². The average Bonchev–Trinajstić information content (AvgIpc) is 2.40. The van der Waals surface area contributed by atoms with E-state index in [-0.39, 0.29) is 23.9 Å². The molecule has 0 aromatic heterocycles. The number of benzene rings is 1. The van der Waals surface area contributed by atoms with Gasteiger partial charge in [-0.15, -0.1) is 0 Å². The van der Waals surface area contributed by atoms with Gasteiger partial charge in [-0.1, -0.05) is 11.6 Å². The van der Waals surface area contributed by atoms with E-state index in [2.05, 4.69) is 0 Å². The maximum absolute atomic E-state index is 12.4. The van der Waals surface area contributed by atoms with Gasteiger partial charge in [-0.25, -0.2) is 0 Å². The molecular weight excluding hydrogens is 244 g/mol. The molecule has 0 bridgehead atoms. The van der Waals surface area contributed by atoms with Crippen LogP contribution < -0.4 is 5.73 Å². The van der Waals surface area contributed by atoms with Crippen molar-refractivity contribution in [3.05, 3.63) is 29.3 Å². The van der Waals surface area contributed by atoms with Crippen molar-refractivity contribution in [1.82, 2.24) is 4.90 Å². The summed E-state index contributed by atoms with van der Waals surface area (Å²) < 4.78 is 5.62. The van der Waals surface area contributed by atoms with Crippen molar-refractivity contribution in [3.63, 3.8) is 0 Å². The first-order chi connectivity index (χ1) is 9.01. The van der Waals surface area contributed by atoms with Crippen molar-refractivity contribution < 1.29 is 14.6 Å². The molecule has 1 aromatic rings. The number of phenols is 1. The Bertz CT molecular complexity index is 476. The zero-order valence-corrected chi connectivity index (χ0v) is 11.3. The molecule has 1 aromatic carbocycles. The van der Waals surface area contributed by atoms with E-state index in [9.17, 15) is 9.90 Å². The van der Waals surface area contributed by atoms with Gasteiger partial charge in [-0.05, 0) is 26.0 Å². The maximum Gasteiger partial charge on any atom is 0.257 e. The lowest BCUT2D eigenvalue weighted by Gasteiger charge is -2.36. The number of morpholine rings is 1. The molecular formula is C14H20N2O3. The van der Waals surface area contributed by atoms with Gasteiger partial charge >= 0.3 is 0 Å². The minimum Gasteiger partial charge on any atom is -0.507 e. The van der Waals surface area contributed by atoms with E-state index < -0.39 is 0 Å². The third-order valence-electron chi connectivity index (χ3n) is 3.26. The van der Waals surface area contributed by atoms with E-state index in [1.165, 1.54) is 0 Å². The van der Waals surface area contributed by atoms with Crippen molar-refractivity contribution >= 4 is 5.91 Å². The van der Waals surface area contributed by atoms with Gasteiger partial charge in [0, 0.05) is 19.6 Å². The molecule has 5 heteroatoms. The number of rotatable bonds is 2. The van der Waals surface area contributed by atoms with Crippen LogP contribution in [-0.2, 0) is 4.74 Å². The molecule has 5 nitrogen and oxygen atoms in total. The van der Waals surface area contributed by atoms with Gasteiger partial charge in [-0.2, -0.15) is 0 Å². The van der Waals surface area contributed by atoms with Crippen LogP contribution in [0.2, 0.25) is 0 Å². The fourth-order valence-electron chi connectivity index (χ4n) is 2.33. The lowest BCUT2D eigenvalue weighted by molar-refractivity contribution is -0.0626. The molecule has 2 atom stereocenters. The highest BCUT2D eigenvalue weighted by Crippen LogP contribution is 2.22. The summed E-state index contributed by atoms with van der Waals surface area (Å²) in [5.74, 6) is -0.158. The van der Waals surface area contributed by atoms with Gasteiger partial charge in [-0.3, -0.25) is 4.79 Å². The molecule has 1 amide bonds. The maximum atomic E-state index is 12.4. The van der Waals surface area contributed by atoms with E-state index >= 15 is 0 Å². The van der Waals surface area contributed by atoms with Gasteiger partial charge < -0.3 is 20.5 Å². The van der Waals surface area contributed by atoms with Gasteiger partial charge in [0.15, 0.2) is 0 Å². The number of phenolic OH excluding ortho intramolecular Hbond substituents is 1. The number of hydrogen-bond donors (Lipinski definition) is 2. The second-order valence-electron chi connectivity index (χ2n) is 5.04. The van der Waals surface area contributed by atoms with Crippen molar-refractivity contribution in [3.8, 4) is 5.75 Å². The number of nitrogens with two attached hydrogens (primary N) is 1. The Hall–Kier alpha value is -1.59. The molecule has 0 saturated carbocycles. The van der Waals surface area contributed by atoms with Crippen molar-refractivity contribution in [1.29, 1.82) is 0 Å². The number of nitrogens with zero attached hydrogens (tertiary/aromatic N) is 1. The minimum atomic E-state index is -0.171. The summed E-state index contributed by atoms with van der Waals surface area (Å²) in [7, 11) is 0. The zero-order chi connectivity index (χ0) is 14.0. The summed E-state index contributed by atoms with van der Waals surface area (Å²) in [4.78, 5) is 14.1. The topological polar surface area (TPSA) is 75.8 Å². The lowest BCUT2D eigenvalue weighted by Crippen LogP contribution is -2.51. The predicted molar refractivity (Wildman–Crippen MR) is 72.1 cm³/mol. The van der Waals surface area contributed by atoms with Gasteiger partial charge in [0.05, 0.1) is 17.8 Å². The monoisotopic (exact) mass is 264 g/mol. The van der Waals surface area contributed by atoms with Crippen LogP contribution in [0, 0.1) is 6.92 Å². The Morgan fingerprint density at radius 1 is 1.53 bits per heavy atom. The molecule has 1 aliphatic heterocycles. The number of ether oxygens (including phenoxy) is 1. The summed E-state index contributed by atoms with van der Waals surface area (Å²) in [6.45, 7) is 5.17. The predicted octanol–water partition coefficient (Wildman–Crippen LogP) is 0.889. The molecule has 0 aliphatic carbocycles. The van der Waals surface area contributed by atoms with Crippen molar-refractivity contribution in [2.75, 3.05) is 19.6 Å². The average molecular weight is 264 g/mol. The lowest BCUT2D eigenvalue weighted by atomic mass is 10.1. The van der Waals surface area contributed by atoms with Crippen LogP contribution >= 0.6 is 0 Å². The first-order valence-electron chi connectivity index (χ1n) is 6.45. The smallest absolute Gasteiger partial charge is 0.257 e. The minimum absolute atomic E-state index is 0.0130. The van der Waals surface area contributed by atoms with E-state index in [1.807, 2.05) is 13.8 Å². The number of aryl methyl sites for hydroxylation is 1. The number of carbonyl (C=O) groups is 1. The molecule has 1 aliphatic rings. The van der Waals surface area contributed by atoms with Gasteiger partial charge in [0.25, 0.3) is 5.91 Å². The number of amides is 1. The summed E-state index contributed by atoms with van der Waals surface area (Å²) in [6.07, 6.45) is -0.183. The fraction of sp³-hybridized carbons (Fsp3) is 0.500. The molecule has 0 spiro atoms. The van der Waals surface area contributed by atoms with Crippen LogP contribution in [0.3, 0.4) is 0 Å². The Morgan fingerprint density at radius 2 is 2.26 bits per heavy atom. The van der Waals surface area contributed by atoms with Crippen LogP contribution in [0.5, 0.6) is 5.75 Å². The van der Waals surface area contributed by atoms with E-state index in [0.29, 0.717) is 25.2 Å². The Labute approximate surface area is 113 Å². The third-order valence-corrected chi connectivity index (χ3v) is 3.26. The number of carbonyl (C=O) groups excluding carboxylic acids is 1. The molecule has 1 saturated heterocycles. The van der Waals surface area contributed by atoms with Gasteiger partial charge in [0.1, 0.15) is 5.75 Å². The molecule has 104 valence electrons. The van der Waals surface area contributed by atoms with E-state index in [0.717, 1.165) is 5.56 Å². The van der Waals surface area contributed by atoms with E-state index in [1.54, 1.807) is 23.1 Å². The molecule has 19 heavy (non-hydrogen) atoms. The normalized spacial score (nSPS) is 23.4. The molecule has 1 heterocycles. The second kappa shape index (κ2) is 5.59. The van der Waals surface area contributed by atoms with Gasteiger partial charge in [0.2, 0.25) is 0 Å². The van der Waals surface area contributed by atoms with Crippen LogP contribution in [0.1, 0.15) is 22.8 Å². The highest BCUT2D eigenvalue weighted by atomic mass is 16.5. The number of hydrogen-bond acceptors (Lipinski definition) is 4. The molecule has 2 unspecified atom stereocenters. The van der Waals surface area contributed by atoms with Crippen LogP contribution in [0.4, 0.5) is 0 Å². The first kappa shape index (κ1) is 13.8. The molecule has 2 rings (SSSR count). The number of aromatic hydroxyl groups is 1. The summed E-state index contributed by atoms with van der Waals surface area (Å²) in [5, 5.41) is 9.82. The van der Waals surface area contributed by atoms with Crippen LogP contribution in [0.25, 0.3) is 0 Å². The molecule has 0 radical (unpaired) electrons. The highest BCUT2D eigenvalue weighted by molar-refractivity contribution is 5.97. The summed E-state index contributed by atoms with van der Waals surface area (Å²) in [6, 6.07) is 5.03.